The summed E-state index contributed by atoms with van der Waals surface area (Å²) in [5.41, 5.74) is 0.657. The predicted octanol–water partition coefficient (Wildman–Crippen LogP) is 4.46. The molecule has 1 aliphatic heterocycles. The predicted molar refractivity (Wildman–Crippen MR) is 126 cm³/mol. The molecule has 1 aliphatic rings. The number of allylic oxidation sites excluding steroid dienone is 2. The van der Waals surface area contributed by atoms with Crippen LogP contribution in [0.15, 0.2) is 42.1 Å². The zero-order valence-corrected chi connectivity index (χ0v) is 20.0. The molecule has 0 bridgehead atoms. The highest BCUT2D eigenvalue weighted by Gasteiger charge is 2.27. The average Bonchev–Trinajstić information content (AvgIpc) is 2.72. The van der Waals surface area contributed by atoms with Crippen LogP contribution in [0, 0.1) is 16.7 Å². The van der Waals surface area contributed by atoms with E-state index in [0.717, 1.165) is 5.56 Å². The molecular weight excluding hydrogens is 420 g/mol. The Hall–Kier alpha value is -3.60. The van der Waals surface area contributed by atoms with E-state index in [9.17, 15) is 14.9 Å². The lowest BCUT2D eigenvalue weighted by molar-refractivity contribution is -0.122. The molecule has 0 saturated carbocycles. The molecule has 176 valence electrons. The lowest BCUT2D eigenvalue weighted by Gasteiger charge is -2.27. The third-order valence-electron chi connectivity index (χ3n) is 4.99. The van der Waals surface area contributed by atoms with Crippen molar-refractivity contribution in [1.29, 1.82) is 10.7 Å². The Bertz CT molecular complexity index is 1030. The summed E-state index contributed by atoms with van der Waals surface area (Å²) in [6.45, 7) is 11.0. The number of nitrogens with zero attached hydrogens (tertiary/aromatic N) is 1. The molecule has 2 amide bonds. The van der Waals surface area contributed by atoms with E-state index in [1.165, 1.54) is 6.08 Å². The fourth-order valence-electron chi connectivity index (χ4n) is 3.20. The van der Waals surface area contributed by atoms with Crippen molar-refractivity contribution >= 4 is 17.9 Å². The molecule has 2 rings (SSSR count). The van der Waals surface area contributed by atoms with E-state index in [1.54, 1.807) is 52.0 Å². The second-order valence-corrected chi connectivity index (χ2v) is 9.47. The monoisotopic (exact) mass is 452 g/mol. The van der Waals surface area contributed by atoms with Gasteiger partial charge < -0.3 is 20.1 Å². The first-order chi connectivity index (χ1) is 15.3. The third-order valence-corrected chi connectivity index (χ3v) is 4.99. The summed E-state index contributed by atoms with van der Waals surface area (Å²) >= 11 is 0. The second-order valence-electron chi connectivity index (χ2n) is 9.47. The van der Waals surface area contributed by atoms with Crippen LogP contribution in [0.1, 0.15) is 65.5 Å². The van der Waals surface area contributed by atoms with Gasteiger partial charge in [-0.3, -0.25) is 10.2 Å². The maximum absolute atomic E-state index is 12.8. The fraction of sp³-hybridized carbons (Fsp3) is 0.440. The molecule has 1 aromatic rings. The van der Waals surface area contributed by atoms with Gasteiger partial charge in [-0.1, -0.05) is 26.8 Å². The molecule has 8 heteroatoms. The number of carbonyl (C=O) groups is 2. The van der Waals surface area contributed by atoms with E-state index in [1.807, 2.05) is 19.9 Å². The van der Waals surface area contributed by atoms with Crippen molar-refractivity contribution in [2.75, 3.05) is 0 Å². The average molecular weight is 453 g/mol. The van der Waals surface area contributed by atoms with Crippen LogP contribution in [0.2, 0.25) is 0 Å². The molecule has 1 atom stereocenters. The van der Waals surface area contributed by atoms with Gasteiger partial charge in [0.15, 0.2) is 0 Å². The van der Waals surface area contributed by atoms with Crippen molar-refractivity contribution in [2.45, 2.75) is 71.4 Å². The van der Waals surface area contributed by atoms with Gasteiger partial charge in [0, 0.05) is 17.3 Å². The fourth-order valence-corrected chi connectivity index (χ4v) is 3.20. The lowest BCUT2D eigenvalue weighted by Crippen LogP contribution is -2.47. The van der Waals surface area contributed by atoms with Crippen LogP contribution in [-0.4, -0.2) is 29.5 Å². The highest BCUT2D eigenvalue weighted by Crippen LogP contribution is 2.36. The van der Waals surface area contributed by atoms with Crippen molar-refractivity contribution in [3.05, 3.63) is 53.3 Å². The summed E-state index contributed by atoms with van der Waals surface area (Å²) in [6, 6.07) is 6.46. The first-order valence-electron chi connectivity index (χ1n) is 10.8. The minimum Gasteiger partial charge on any atom is -0.444 e. The Morgan fingerprint density at radius 2 is 2.00 bits per heavy atom. The Morgan fingerprint density at radius 1 is 1.30 bits per heavy atom. The number of amides is 2. The molecule has 0 spiro atoms. The topological polar surface area (TPSA) is 124 Å². The molecule has 0 aliphatic carbocycles. The van der Waals surface area contributed by atoms with Crippen LogP contribution in [-0.2, 0) is 14.9 Å². The lowest BCUT2D eigenvalue weighted by atomic mass is 9.80. The van der Waals surface area contributed by atoms with E-state index in [4.69, 9.17) is 14.9 Å². The minimum absolute atomic E-state index is 0.113. The number of nitrogens with one attached hydrogen (secondary N) is 3. The van der Waals surface area contributed by atoms with Gasteiger partial charge >= 0.3 is 6.09 Å². The number of hydrogen-bond donors (Lipinski definition) is 3. The van der Waals surface area contributed by atoms with Gasteiger partial charge in [-0.15, -0.1) is 0 Å². The van der Waals surface area contributed by atoms with Crippen LogP contribution >= 0.6 is 0 Å². The number of carbonyl (C=O) groups excluding carboxylic acids is 2. The molecule has 1 heterocycles. The van der Waals surface area contributed by atoms with E-state index < -0.39 is 29.1 Å². The number of nitriles is 1. The molecule has 8 nitrogen and oxygen atoms in total. The van der Waals surface area contributed by atoms with Crippen molar-refractivity contribution in [2.24, 2.45) is 0 Å². The Labute approximate surface area is 195 Å². The maximum atomic E-state index is 12.8. The molecule has 0 saturated heterocycles. The summed E-state index contributed by atoms with van der Waals surface area (Å²) in [6.07, 6.45) is 5.12. The maximum Gasteiger partial charge on any atom is 0.408 e. The zero-order chi connectivity index (χ0) is 24.8. The van der Waals surface area contributed by atoms with Crippen LogP contribution in [0.3, 0.4) is 0 Å². The number of alkyl carbamates (subject to hydrolysis) is 1. The SMILES string of the molecule is CC[C@@H](NC(=O)OC(C)(C)C)C(=O)NC1=C/CC(C)(C)c2cc(C#N)ccc2OC(=N)/C=C\1. The van der Waals surface area contributed by atoms with Gasteiger partial charge in [0.2, 0.25) is 11.8 Å². The Morgan fingerprint density at radius 3 is 2.61 bits per heavy atom. The van der Waals surface area contributed by atoms with E-state index >= 15 is 0 Å². The third kappa shape index (κ3) is 7.49. The van der Waals surface area contributed by atoms with E-state index in [2.05, 4.69) is 16.7 Å². The molecular formula is C25H32N4O4. The van der Waals surface area contributed by atoms with Crippen molar-refractivity contribution in [3.8, 4) is 11.8 Å². The number of benzene rings is 1. The van der Waals surface area contributed by atoms with E-state index in [0.29, 0.717) is 29.9 Å². The number of rotatable bonds is 4. The summed E-state index contributed by atoms with van der Waals surface area (Å²) < 4.78 is 10.9. The van der Waals surface area contributed by atoms with Gasteiger partial charge in [-0.25, -0.2) is 4.79 Å². The number of fused-ring (bicyclic) bond motifs is 1. The largest absolute Gasteiger partial charge is 0.444 e. The zero-order valence-electron chi connectivity index (χ0n) is 20.0. The number of hydrogen-bond acceptors (Lipinski definition) is 6. The first-order valence-corrected chi connectivity index (χ1v) is 10.8. The van der Waals surface area contributed by atoms with Gasteiger partial charge in [-0.05, 0) is 63.3 Å². The van der Waals surface area contributed by atoms with Crippen LogP contribution in [0.5, 0.6) is 5.75 Å². The van der Waals surface area contributed by atoms with Gasteiger partial charge in [0.25, 0.3) is 0 Å². The molecule has 3 N–H and O–H groups in total. The molecule has 0 radical (unpaired) electrons. The molecule has 0 fully saturated rings. The van der Waals surface area contributed by atoms with Crippen molar-refractivity contribution < 1.29 is 19.1 Å². The van der Waals surface area contributed by atoms with Gasteiger partial charge in [0.1, 0.15) is 17.4 Å². The van der Waals surface area contributed by atoms with Crippen LogP contribution in [0.25, 0.3) is 0 Å². The molecule has 0 unspecified atom stereocenters. The first kappa shape index (κ1) is 25.7. The quantitative estimate of drug-likeness (QED) is 0.622. The Kier molecular flexibility index (Phi) is 8.04. The summed E-state index contributed by atoms with van der Waals surface area (Å²) in [4.78, 5) is 24.9. The van der Waals surface area contributed by atoms with Crippen LogP contribution in [0.4, 0.5) is 4.79 Å². The van der Waals surface area contributed by atoms with Crippen molar-refractivity contribution in [3.63, 3.8) is 0 Å². The standard InChI is InChI=1S/C25H32N4O4/c1-7-19(29-23(31)33-24(2,3)4)22(30)28-17-9-11-21(27)32-20-10-8-16(15-26)14-18(20)25(5,6)13-12-17/h8-12,14,19,27H,7,13H2,1-6H3,(H,28,30)(H,29,31)/b11-9-,17-12+,27-21?/t19-/m1/s1. The van der Waals surface area contributed by atoms with Gasteiger partial charge in [0.05, 0.1) is 11.6 Å². The summed E-state index contributed by atoms with van der Waals surface area (Å²) in [5, 5.41) is 22.8. The molecule has 33 heavy (non-hydrogen) atoms. The second kappa shape index (κ2) is 10.3. The smallest absolute Gasteiger partial charge is 0.408 e. The normalized spacial score (nSPS) is 18.8. The number of ether oxygens (including phenoxy) is 2. The highest BCUT2D eigenvalue weighted by molar-refractivity contribution is 5.89. The van der Waals surface area contributed by atoms with Gasteiger partial charge in [-0.2, -0.15) is 5.26 Å². The summed E-state index contributed by atoms with van der Waals surface area (Å²) in [7, 11) is 0. The Balaban J connectivity index is 2.26. The summed E-state index contributed by atoms with van der Waals surface area (Å²) in [5.74, 6) is 0.00797. The molecule has 1 aromatic carbocycles. The van der Waals surface area contributed by atoms with E-state index in [-0.39, 0.29) is 5.90 Å². The van der Waals surface area contributed by atoms with Crippen molar-refractivity contribution in [1.82, 2.24) is 10.6 Å². The molecule has 0 aromatic heterocycles. The minimum atomic E-state index is -0.785. The van der Waals surface area contributed by atoms with Crippen LogP contribution < -0.4 is 15.4 Å². The highest BCUT2D eigenvalue weighted by atomic mass is 16.6.